The topological polar surface area (TPSA) is 48.2 Å². The van der Waals surface area contributed by atoms with Gasteiger partial charge in [0.05, 0.1) is 12.0 Å². The van der Waals surface area contributed by atoms with Gasteiger partial charge in [0.1, 0.15) is 5.75 Å². The third-order valence-electron chi connectivity index (χ3n) is 2.95. The average molecular weight is 295 g/mol. The number of halogens is 1. The van der Waals surface area contributed by atoms with E-state index in [0.717, 1.165) is 37.2 Å². The molecule has 0 aliphatic rings. The number of ether oxygens (including phenoxy) is 1. The molecule has 1 aromatic carbocycles. The van der Waals surface area contributed by atoms with Crippen molar-refractivity contribution in [3.05, 3.63) is 30.1 Å². The molecule has 2 rings (SSSR count). The minimum Gasteiger partial charge on any atom is -0.494 e. The number of nitrogens with zero attached hydrogens (tertiary/aromatic N) is 2. The predicted molar refractivity (Wildman–Crippen MR) is 79.0 cm³/mol. The van der Waals surface area contributed by atoms with E-state index in [4.69, 9.17) is 20.9 Å². The van der Waals surface area contributed by atoms with E-state index in [1.807, 2.05) is 31.2 Å². The van der Waals surface area contributed by atoms with Gasteiger partial charge < -0.3 is 9.26 Å². The van der Waals surface area contributed by atoms with Gasteiger partial charge in [-0.1, -0.05) is 25.4 Å². The van der Waals surface area contributed by atoms with Crippen LogP contribution < -0.4 is 4.74 Å². The molecule has 20 heavy (non-hydrogen) atoms. The van der Waals surface area contributed by atoms with Crippen molar-refractivity contribution in [2.24, 2.45) is 0 Å². The third-order valence-corrected chi connectivity index (χ3v) is 3.45. The minimum absolute atomic E-state index is 0.204. The van der Waals surface area contributed by atoms with Crippen LogP contribution >= 0.6 is 11.6 Å². The number of hydrogen-bond donors (Lipinski definition) is 0. The second-order valence-corrected chi connectivity index (χ2v) is 5.09. The summed E-state index contributed by atoms with van der Waals surface area (Å²) in [5, 5.41) is 3.69. The normalized spacial score (nSPS) is 12.3. The van der Waals surface area contributed by atoms with Crippen LogP contribution in [0, 0.1) is 0 Å². The summed E-state index contributed by atoms with van der Waals surface area (Å²) in [7, 11) is 0. The standard InChI is InChI=1S/C15H19ClN2O2/c1-3-5-10-19-12-8-6-11(7-9-12)15-17-14(18-20-15)13(16)4-2/h6-9,13H,3-5,10H2,1-2H3. The zero-order valence-corrected chi connectivity index (χ0v) is 12.6. The molecule has 0 amide bonds. The van der Waals surface area contributed by atoms with Crippen molar-refractivity contribution in [2.45, 2.75) is 38.5 Å². The van der Waals surface area contributed by atoms with Crippen LogP contribution in [0.4, 0.5) is 0 Å². The summed E-state index contributed by atoms with van der Waals surface area (Å²) in [6, 6.07) is 7.64. The molecule has 0 radical (unpaired) electrons. The molecule has 0 saturated heterocycles. The highest BCUT2D eigenvalue weighted by Gasteiger charge is 2.14. The number of alkyl halides is 1. The summed E-state index contributed by atoms with van der Waals surface area (Å²) >= 11 is 6.08. The van der Waals surface area contributed by atoms with Gasteiger partial charge in [-0.25, -0.2) is 0 Å². The van der Waals surface area contributed by atoms with Crippen LogP contribution in [0.3, 0.4) is 0 Å². The first-order chi connectivity index (χ1) is 9.74. The van der Waals surface area contributed by atoms with Crippen molar-refractivity contribution >= 4 is 11.6 Å². The molecule has 0 fully saturated rings. The number of unbranched alkanes of at least 4 members (excludes halogenated alkanes) is 1. The van der Waals surface area contributed by atoms with E-state index in [9.17, 15) is 0 Å². The zero-order chi connectivity index (χ0) is 14.4. The molecular weight excluding hydrogens is 276 g/mol. The average Bonchev–Trinajstić information content (AvgIpc) is 2.97. The number of hydrogen-bond acceptors (Lipinski definition) is 4. The van der Waals surface area contributed by atoms with Gasteiger partial charge in [-0.2, -0.15) is 4.98 Å². The molecule has 108 valence electrons. The highest BCUT2D eigenvalue weighted by Crippen LogP contribution is 2.25. The maximum absolute atomic E-state index is 6.08. The molecule has 0 spiro atoms. The number of benzene rings is 1. The molecule has 1 unspecified atom stereocenters. The fraction of sp³-hybridized carbons (Fsp3) is 0.467. The Morgan fingerprint density at radius 2 is 2.00 bits per heavy atom. The number of rotatable bonds is 7. The van der Waals surface area contributed by atoms with Gasteiger partial charge in [0.15, 0.2) is 5.82 Å². The summed E-state index contributed by atoms with van der Waals surface area (Å²) in [6.07, 6.45) is 2.95. The zero-order valence-electron chi connectivity index (χ0n) is 11.8. The summed E-state index contributed by atoms with van der Waals surface area (Å²) in [5.41, 5.74) is 0.867. The maximum Gasteiger partial charge on any atom is 0.257 e. The molecule has 0 N–H and O–H groups in total. The number of aromatic nitrogens is 2. The van der Waals surface area contributed by atoms with Crippen molar-refractivity contribution in [1.82, 2.24) is 10.1 Å². The first-order valence-electron chi connectivity index (χ1n) is 6.95. The molecule has 0 saturated carbocycles. The van der Waals surface area contributed by atoms with E-state index >= 15 is 0 Å². The highest BCUT2D eigenvalue weighted by atomic mass is 35.5. The Kier molecular flexibility index (Phi) is 5.41. The lowest BCUT2D eigenvalue weighted by Gasteiger charge is -2.04. The third kappa shape index (κ3) is 3.73. The van der Waals surface area contributed by atoms with Crippen LogP contribution in [0.1, 0.15) is 44.3 Å². The molecule has 1 aromatic heterocycles. The Labute approximate surface area is 124 Å². The Balaban J connectivity index is 2.04. The fourth-order valence-corrected chi connectivity index (χ4v) is 1.78. The van der Waals surface area contributed by atoms with Crippen LogP contribution in [0.5, 0.6) is 5.75 Å². The van der Waals surface area contributed by atoms with Crippen molar-refractivity contribution in [1.29, 1.82) is 0 Å². The van der Waals surface area contributed by atoms with Gasteiger partial charge in [-0.15, -0.1) is 11.6 Å². The Hall–Kier alpha value is -1.55. The van der Waals surface area contributed by atoms with E-state index < -0.39 is 0 Å². The van der Waals surface area contributed by atoms with Gasteiger partial charge in [-0.3, -0.25) is 0 Å². The summed E-state index contributed by atoms with van der Waals surface area (Å²) < 4.78 is 10.8. The van der Waals surface area contributed by atoms with Crippen molar-refractivity contribution < 1.29 is 9.26 Å². The Bertz CT molecular complexity index is 525. The quantitative estimate of drug-likeness (QED) is 0.553. The lowest BCUT2D eigenvalue weighted by molar-refractivity contribution is 0.309. The molecule has 0 bridgehead atoms. The van der Waals surface area contributed by atoms with Crippen molar-refractivity contribution in [2.75, 3.05) is 6.61 Å². The van der Waals surface area contributed by atoms with E-state index in [1.54, 1.807) is 0 Å². The Morgan fingerprint density at radius 3 is 2.65 bits per heavy atom. The first kappa shape index (κ1) is 14.9. The van der Waals surface area contributed by atoms with E-state index in [0.29, 0.717) is 11.7 Å². The van der Waals surface area contributed by atoms with Gasteiger partial charge in [0.25, 0.3) is 5.89 Å². The van der Waals surface area contributed by atoms with Gasteiger partial charge in [-0.05, 0) is 37.1 Å². The van der Waals surface area contributed by atoms with Crippen LogP contribution in [-0.2, 0) is 0 Å². The monoisotopic (exact) mass is 294 g/mol. The van der Waals surface area contributed by atoms with Crippen LogP contribution in [0.2, 0.25) is 0 Å². The van der Waals surface area contributed by atoms with Crippen LogP contribution in [0.25, 0.3) is 11.5 Å². The molecule has 0 aliphatic heterocycles. The van der Waals surface area contributed by atoms with Gasteiger partial charge >= 0.3 is 0 Å². The Morgan fingerprint density at radius 1 is 1.25 bits per heavy atom. The molecule has 5 heteroatoms. The molecule has 2 aromatic rings. The van der Waals surface area contributed by atoms with Crippen molar-refractivity contribution in [3.63, 3.8) is 0 Å². The molecule has 0 aliphatic carbocycles. The summed E-state index contributed by atoms with van der Waals surface area (Å²) in [4.78, 5) is 4.31. The lowest BCUT2D eigenvalue weighted by atomic mass is 10.2. The summed E-state index contributed by atoms with van der Waals surface area (Å²) in [6.45, 7) is 4.86. The van der Waals surface area contributed by atoms with Gasteiger partial charge in [0, 0.05) is 5.56 Å². The molecular formula is C15H19ClN2O2. The maximum atomic E-state index is 6.08. The van der Waals surface area contributed by atoms with E-state index in [1.165, 1.54) is 0 Å². The smallest absolute Gasteiger partial charge is 0.257 e. The van der Waals surface area contributed by atoms with Gasteiger partial charge in [0.2, 0.25) is 0 Å². The fourth-order valence-electron chi connectivity index (χ4n) is 1.69. The van der Waals surface area contributed by atoms with Crippen molar-refractivity contribution in [3.8, 4) is 17.2 Å². The minimum atomic E-state index is -0.204. The van der Waals surface area contributed by atoms with Crippen LogP contribution in [-0.4, -0.2) is 16.7 Å². The molecule has 4 nitrogen and oxygen atoms in total. The predicted octanol–water partition coefficient (Wildman–Crippen LogP) is 4.61. The summed E-state index contributed by atoms with van der Waals surface area (Å²) in [5.74, 6) is 1.87. The van der Waals surface area contributed by atoms with E-state index in [2.05, 4.69) is 17.1 Å². The highest BCUT2D eigenvalue weighted by molar-refractivity contribution is 6.20. The lowest BCUT2D eigenvalue weighted by Crippen LogP contribution is -1.96. The van der Waals surface area contributed by atoms with Crippen LogP contribution in [0.15, 0.2) is 28.8 Å². The first-order valence-corrected chi connectivity index (χ1v) is 7.39. The van der Waals surface area contributed by atoms with E-state index in [-0.39, 0.29) is 5.38 Å². The largest absolute Gasteiger partial charge is 0.494 e. The second-order valence-electron chi connectivity index (χ2n) is 4.56. The second kappa shape index (κ2) is 7.29. The molecule has 1 heterocycles. The molecule has 1 atom stereocenters. The SMILES string of the molecule is CCCCOc1ccc(-c2nc(C(Cl)CC)no2)cc1.